The predicted octanol–water partition coefficient (Wildman–Crippen LogP) is 1.56. The lowest BCUT2D eigenvalue weighted by Gasteiger charge is -2.16. The number of aliphatic hydroxyl groups excluding tert-OH is 1. The van der Waals surface area contributed by atoms with E-state index in [-0.39, 0.29) is 17.0 Å². The zero-order chi connectivity index (χ0) is 10.2. The van der Waals surface area contributed by atoms with E-state index in [1.54, 1.807) is 0 Å². The Labute approximate surface area is 114 Å². The molecule has 2 nitrogen and oxygen atoms in total. The van der Waals surface area contributed by atoms with Crippen molar-refractivity contribution < 1.29 is 9.84 Å². The monoisotopic (exact) mass is 283 g/mol. The number of aliphatic hydroxyl groups is 1. The summed E-state index contributed by atoms with van der Waals surface area (Å²) in [4.78, 5) is 0. The molecular weight excluding hydrogens is 268 g/mol. The van der Waals surface area contributed by atoms with Crippen LogP contribution in [-0.2, 0) is 4.74 Å². The number of benzene rings is 1. The van der Waals surface area contributed by atoms with Gasteiger partial charge >= 0.3 is 25.4 Å². The summed E-state index contributed by atoms with van der Waals surface area (Å²) in [6.07, 6.45) is 2.58. The van der Waals surface area contributed by atoms with Crippen molar-refractivity contribution in [1.82, 2.24) is 0 Å². The summed E-state index contributed by atoms with van der Waals surface area (Å²) in [5, 5.41) is 8.69. The van der Waals surface area contributed by atoms with E-state index in [0.717, 1.165) is 25.9 Å². The third-order valence-corrected chi connectivity index (χ3v) is 2.47. The van der Waals surface area contributed by atoms with Crippen LogP contribution < -0.4 is 3.69 Å². The molecule has 1 heterocycles. The minimum absolute atomic E-state index is 0. The van der Waals surface area contributed by atoms with Gasteiger partial charge in [0.05, 0.1) is 0 Å². The maximum absolute atomic E-state index is 8.69. The first-order valence-electron chi connectivity index (χ1n) is 4.96. The van der Waals surface area contributed by atoms with Gasteiger partial charge in [-0.1, -0.05) is 18.2 Å². The van der Waals surface area contributed by atoms with Crippen LogP contribution in [0.15, 0.2) is 30.3 Å². The molecule has 1 N–H and O–H groups in total. The molecule has 4 heteroatoms. The topological polar surface area (TPSA) is 29.5 Å². The molecule has 7 radical (unpaired) electrons. The highest BCUT2D eigenvalue weighted by molar-refractivity contribution is 8.93. The Balaban J connectivity index is 0.000000245. The fraction of sp³-hybridized carbons (Fsp3) is 0.455. The van der Waals surface area contributed by atoms with Gasteiger partial charge in [0, 0.05) is 18.7 Å². The van der Waals surface area contributed by atoms with Gasteiger partial charge < -0.3 is 9.84 Å². The smallest absolute Gasteiger partial charge is 0.368 e. The van der Waals surface area contributed by atoms with Crippen LogP contribution in [0.2, 0.25) is 0 Å². The largest absolute Gasteiger partial charge is 1.47 e. The van der Waals surface area contributed by atoms with Gasteiger partial charge in [0.2, 0.25) is 0 Å². The van der Waals surface area contributed by atoms with Gasteiger partial charge in [-0.2, -0.15) is 0 Å². The number of rotatable bonds is 0. The van der Waals surface area contributed by atoms with Crippen LogP contribution in [0, 0.1) is 0 Å². The summed E-state index contributed by atoms with van der Waals surface area (Å²) in [7, 11) is 0. The number of halogens is 1. The van der Waals surface area contributed by atoms with Crippen molar-refractivity contribution in [1.29, 1.82) is 0 Å². The van der Waals surface area contributed by atoms with Crippen LogP contribution in [-0.4, -0.2) is 39.7 Å². The van der Waals surface area contributed by atoms with E-state index in [9.17, 15) is 0 Å². The SMILES string of the molecule is Br.OC1CCCCO1.[Mg+2][c]1ccccc1. The van der Waals surface area contributed by atoms with E-state index >= 15 is 0 Å². The molecule has 1 aliphatic rings. The van der Waals surface area contributed by atoms with Gasteiger partial charge in [-0.3, -0.25) is 0 Å². The lowest BCUT2D eigenvalue weighted by Crippen LogP contribution is -2.17. The lowest BCUT2D eigenvalue weighted by molar-refractivity contribution is -0.123. The normalized spacial score (nSPS) is 19.5. The van der Waals surface area contributed by atoms with Crippen molar-refractivity contribution >= 4 is 42.4 Å². The van der Waals surface area contributed by atoms with Gasteiger partial charge in [-0.05, 0) is 19.3 Å². The molecule has 1 atom stereocenters. The van der Waals surface area contributed by atoms with Crippen LogP contribution >= 0.6 is 17.0 Å². The molecule has 0 saturated carbocycles. The van der Waals surface area contributed by atoms with Gasteiger partial charge in [0.1, 0.15) is 0 Å². The maximum Gasteiger partial charge on any atom is 1.47 e. The third-order valence-electron chi connectivity index (χ3n) is 2.00. The van der Waals surface area contributed by atoms with E-state index in [1.165, 1.54) is 3.69 Å². The molecule has 0 aromatic heterocycles. The molecule has 1 fully saturated rings. The Hall–Kier alpha value is 0.386. The molecule has 0 bridgehead atoms. The highest BCUT2D eigenvalue weighted by Crippen LogP contribution is 2.08. The zero-order valence-electron chi connectivity index (χ0n) is 8.76. The second kappa shape index (κ2) is 9.60. The van der Waals surface area contributed by atoms with Crippen molar-refractivity contribution in [2.75, 3.05) is 6.61 Å². The zero-order valence-corrected chi connectivity index (χ0v) is 11.9. The van der Waals surface area contributed by atoms with Crippen molar-refractivity contribution in [3.63, 3.8) is 0 Å². The molecular formula is C11H16BrMgO2+2. The number of ether oxygens (including phenoxy) is 1. The van der Waals surface area contributed by atoms with Crippen molar-refractivity contribution in [2.45, 2.75) is 25.6 Å². The standard InChI is InChI=1S/C6H5.C5H10O2.BrH.Mg/c1-2-4-6-5-3-1;6-5-3-1-2-4-7-5;;/h1-5H;5-6H,1-4H2;1H;/q;;;+2. The van der Waals surface area contributed by atoms with Gasteiger partial charge in [0.15, 0.2) is 6.29 Å². The Morgan fingerprint density at radius 1 is 1.20 bits per heavy atom. The van der Waals surface area contributed by atoms with E-state index < -0.39 is 6.29 Å². The molecule has 1 aliphatic heterocycles. The Morgan fingerprint density at radius 2 is 1.87 bits per heavy atom. The Bertz CT molecular complexity index is 238. The first-order chi connectivity index (χ1) is 6.79. The van der Waals surface area contributed by atoms with Crippen LogP contribution in [0.4, 0.5) is 0 Å². The molecule has 0 spiro atoms. The van der Waals surface area contributed by atoms with Crippen LogP contribution in [0.25, 0.3) is 0 Å². The van der Waals surface area contributed by atoms with E-state index in [0.29, 0.717) is 0 Å². The molecule has 0 amide bonds. The predicted molar refractivity (Wildman–Crippen MR) is 68.0 cm³/mol. The third kappa shape index (κ3) is 8.22. The van der Waals surface area contributed by atoms with Crippen LogP contribution in [0.3, 0.4) is 0 Å². The van der Waals surface area contributed by atoms with Crippen molar-refractivity contribution in [3.05, 3.63) is 30.3 Å². The maximum atomic E-state index is 8.69. The molecule has 1 unspecified atom stereocenters. The first-order valence-corrected chi connectivity index (χ1v) is 5.66. The summed E-state index contributed by atoms with van der Waals surface area (Å²) in [5.74, 6) is 0. The minimum atomic E-state index is -0.464. The van der Waals surface area contributed by atoms with Crippen LogP contribution in [0.5, 0.6) is 0 Å². The van der Waals surface area contributed by atoms with Gasteiger partial charge in [0.25, 0.3) is 0 Å². The Morgan fingerprint density at radius 3 is 2.13 bits per heavy atom. The van der Waals surface area contributed by atoms with E-state index in [1.807, 2.05) is 39.9 Å². The molecule has 2 rings (SSSR count). The summed E-state index contributed by atoms with van der Waals surface area (Å²) in [5.41, 5.74) is 0. The second-order valence-electron chi connectivity index (χ2n) is 3.31. The number of hydrogen-bond donors (Lipinski definition) is 1. The molecule has 0 aliphatic carbocycles. The molecule has 15 heavy (non-hydrogen) atoms. The first kappa shape index (κ1) is 15.4. The highest BCUT2D eigenvalue weighted by atomic mass is 79.9. The summed E-state index contributed by atoms with van der Waals surface area (Å²) < 4.78 is 6.18. The average molecular weight is 284 g/mol. The lowest BCUT2D eigenvalue weighted by atomic mass is 10.2. The highest BCUT2D eigenvalue weighted by Gasteiger charge is 2.28. The summed E-state index contributed by atoms with van der Waals surface area (Å²) >= 11 is 1.90. The number of hydrogen-bond acceptors (Lipinski definition) is 2. The van der Waals surface area contributed by atoms with Crippen molar-refractivity contribution in [3.8, 4) is 0 Å². The molecule has 1 aromatic carbocycles. The summed E-state index contributed by atoms with van der Waals surface area (Å²) in [6.45, 7) is 0.737. The molecule has 1 aromatic rings. The van der Waals surface area contributed by atoms with Gasteiger partial charge in [-0.15, -0.1) is 17.0 Å². The van der Waals surface area contributed by atoms with Crippen LogP contribution in [0.1, 0.15) is 19.3 Å². The van der Waals surface area contributed by atoms with E-state index in [4.69, 9.17) is 9.84 Å². The molecule has 79 valence electrons. The second-order valence-corrected chi connectivity index (χ2v) is 4.12. The fourth-order valence-electron chi connectivity index (χ4n) is 1.20. The van der Waals surface area contributed by atoms with Gasteiger partial charge in [-0.25, -0.2) is 0 Å². The summed E-state index contributed by atoms with van der Waals surface area (Å²) in [6, 6.07) is 10.3. The van der Waals surface area contributed by atoms with Crippen molar-refractivity contribution in [2.24, 2.45) is 0 Å². The average Bonchev–Trinajstić information content (AvgIpc) is 2.21. The van der Waals surface area contributed by atoms with E-state index in [2.05, 4.69) is 12.1 Å². The Kier molecular flexibility index (Phi) is 9.85. The quantitative estimate of drug-likeness (QED) is 0.733. The molecule has 1 saturated heterocycles. The fourth-order valence-corrected chi connectivity index (χ4v) is 1.47. The minimum Gasteiger partial charge on any atom is -0.368 e.